The number of esters is 2. The average Bonchev–Trinajstić information content (AvgIpc) is 3.13. The fourth-order valence-corrected chi connectivity index (χ4v) is 8.48. The summed E-state index contributed by atoms with van der Waals surface area (Å²) in [6.07, 6.45) is 8.15. The first kappa shape index (κ1) is 14.8. The number of hydrogen-bond donors (Lipinski definition) is 0. The van der Waals surface area contributed by atoms with Gasteiger partial charge in [-0.25, -0.2) is 9.59 Å². The predicted molar refractivity (Wildman–Crippen MR) is 86.3 cm³/mol. The molecule has 6 atom stereocenters. The van der Waals surface area contributed by atoms with Gasteiger partial charge in [0.05, 0.1) is 25.4 Å². The summed E-state index contributed by atoms with van der Waals surface area (Å²) in [6, 6.07) is 0. The Hall–Kier alpha value is -1.36. The topological polar surface area (TPSA) is 65.1 Å². The van der Waals surface area contributed by atoms with Gasteiger partial charge in [0.1, 0.15) is 11.2 Å². The van der Waals surface area contributed by atoms with Gasteiger partial charge in [-0.2, -0.15) is 0 Å². The minimum atomic E-state index is -0.347. The summed E-state index contributed by atoms with van der Waals surface area (Å²) in [5, 5.41) is 0. The molecule has 5 fully saturated rings. The summed E-state index contributed by atoms with van der Waals surface area (Å²) in [6.45, 7) is 0. The summed E-state index contributed by atoms with van der Waals surface area (Å²) in [7, 11) is 2.83. The van der Waals surface area contributed by atoms with Crippen LogP contribution in [0.5, 0.6) is 0 Å². The van der Waals surface area contributed by atoms with Gasteiger partial charge in [0.2, 0.25) is 0 Å². The minimum Gasteiger partial charge on any atom is -0.466 e. The van der Waals surface area contributed by atoms with Crippen molar-refractivity contribution in [1.29, 1.82) is 0 Å². The van der Waals surface area contributed by atoms with Crippen molar-refractivity contribution < 1.29 is 23.8 Å². The Morgan fingerprint density at radius 1 is 0.920 bits per heavy atom. The van der Waals surface area contributed by atoms with Gasteiger partial charge in [-0.05, 0) is 49.4 Å². The first-order valence-corrected chi connectivity index (χ1v) is 9.69. The number of hydrogen-bond acceptors (Lipinski definition) is 5. The van der Waals surface area contributed by atoms with Crippen LogP contribution in [0.3, 0.4) is 0 Å². The lowest BCUT2D eigenvalue weighted by Gasteiger charge is -2.38. The molecular formula is C20H24O5. The van der Waals surface area contributed by atoms with Crippen molar-refractivity contribution in [3.63, 3.8) is 0 Å². The van der Waals surface area contributed by atoms with Crippen LogP contribution in [0.15, 0.2) is 11.1 Å². The summed E-state index contributed by atoms with van der Waals surface area (Å²) in [4.78, 5) is 25.6. The van der Waals surface area contributed by atoms with Gasteiger partial charge in [-0.15, -0.1) is 0 Å². The molecule has 1 heterocycles. The number of carbonyl (C=O) groups excluding carboxylic acids is 2. The number of epoxide rings is 1. The number of fused-ring (bicyclic) bond motifs is 2. The predicted octanol–water partition coefficient (Wildman–Crippen LogP) is 2.39. The monoisotopic (exact) mass is 344 g/mol. The SMILES string of the molecule is COC(=O)C1=C(C(=O)OC)[C@H]2C3(CCCC3)[C@H]1[C@@]13O[C@]21[C@H]1CC[C@H]3C1. The van der Waals surface area contributed by atoms with Crippen LogP contribution >= 0.6 is 0 Å². The first-order chi connectivity index (χ1) is 12.1. The lowest BCUT2D eigenvalue weighted by molar-refractivity contribution is -0.140. The van der Waals surface area contributed by atoms with Crippen molar-refractivity contribution in [2.24, 2.45) is 29.1 Å². The van der Waals surface area contributed by atoms with E-state index in [4.69, 9.17) is 14.2 Å². The fraction of sp³-hybridized carbons (Fsp3) is 0.800. The number of methoxy groups -OCH3 is 2. The Morgan fingerprint density at radius 3 is 1.84 bits per heavy atom. The molecule has 0 amide bonds. The molecule has 1 aliphatic heterocycles. The smallest absolute Gasteiger partial charge is 0.334 e. The second-order valence-corrected chi connectivity index (χ2v) is 9.01. The maximum atomic E-state index is 12.8. The van der Waals surface area contributed by atoms with Crippen molar-refractivity contribution >= 4 is 11.9 Å². The number of rotatable bonds is 2. The average molecular weight is 344 g/mol. The maximum Gasteiger partial charge on any atom is 0.334 e. The Morgan fingerprint density at radius 2 is 1.40 bits per heavy atom. The van der Waals surface area contributed by atoms with Gasteiger partial charge in [-0.3, -0.25) is 0 Å². The quantitative estimate of drug-likeness (QED) is 0.568. The van der Waals surface area contributed by atoms with Crippen molar-refractivity contribution in [2.45, 2.75) is 56.1 Å². The molecule has 6 rings (SSSR count). The van der Waals surface area contributed by atoms with E-state index in [2.05, 4.69) is 0 Å². The van der Waals surface area contributed by atoms with Crippen LogP contribution in [0.25, 0.3) is 0 Å². The third kappa shape index (κ3) is 1.20. The molecule has 1 spiro atoms. The van der Waals surface area contributed by atoms with E-state index in [1.54, 1.807) is 0 Å². The van der Waals surface area contributed by atoms with Gasteiger partial charge in [0, 0.05) is 11.8 Å². The summed E-state index contributed by atoms with van der Waals surface area (Å²) >= 11 is 0. The molecule has 0 aromatic heterocycles. The van der Waals surface area contributed by atoms with Crippen LogP contribution in [0.2, 0.25) is 0 Å². The van der Waals surface area contributed by atoms with Crippen molar-refractivity contribution in [1.82, 2.24) is 0 Å². The molecule has 0 aromatic rings. The highest BCUT2D eigenvalue weighted by molar-refractivity contribution is 6.04. The summed E-state index contributed by atoms with van der Waals surface area (Å²) in [5.74, 6) is 0.460. The molecule has 134 valence electrons. The summed E-state index contributed by atoms with van der Waals surface area (Å²) in [5.41, 5.74) is 0.841. The zero-order valence-corrected chi connectivity index (χ0v) is 14.8. The second-order valence-electron chi connectivity index (χ2n) is 9.01. The van der Waals surface area contributed by atoms with Crippen LogP contribution in [0.1, 0.15) is 44.9 Å². The Bertz CT molecular complexity index is 693. The van der Waals surface area contributed by atoms with Crippen LogP contribution < -0.4 is 0 Å². The molecular weight excluding hydrogens is 320 g/mol. The van der Waals surface area contributed by atoms with Gasteiger partial charge >= 0.3 is 11.9 Å². The van der Waals surface area contributed by atoms with Crippen molar-refractivity contribution in [3.05, 3.63) is 11.1 Å². The molecule has 5 aliphatic carbocycles. The zero-order valence-electron chi connectivity index (χ0n) is 14.8. The molecule has 0 N–H and O–H groups in total. The zero-order chi connectivity index (χ0) is 17.2. The van der Waals surface area contributed by atoms with Crippen molar-refractivity contribution in [2.75, 3.05) is 14.2 Å². The van der Waals surface area contributed by atoms with Crippen LogP contribution in [0, 0.1) is 29.1 Å². The lowest BCUT2D eigenvalue weighted by atomic mass is 9.68. The lowest BCUT2D eigenvalue weighted by Crippen LogP contribution is -2.42. The highest BCUT2D eigenvalue weighted by atomic mass is 16.6. The van der Waals surface area contributed by atoms with E-state index in [1.165, 1.54) is 46.3 Å². The standard InChI is InChI=1S/C20H24O5/c1-23-16(21)12-13(17(22)24-2)15-18(7-3-4-8-18)14(12)19-10-5-6-11(9-10)20(15,19)25-19/h10-11,14-15H,3-9H2,1-2H3/t10-,11-,14-,15-,19+,20+/m0/s1. The Kier molecular flexibility index (Phi) is 2.44. The molecule has 0 radical (unpaired) electrons. The van der Waals surface area contributed by atoms with E-state index in [9.17, 15) is 9.59 Å². The Balaban J connectivity index is 1.62. The number of ether oxygens (including phenoxy) is 3. The molecule has 5 nitrogen and oxygen atoms in total. The third-order valence-electron chi connectivity index (χ3n) is 8.77. The fourth-order valence-electron chi connectivity index (χ4n) is 8.48. The molecule has 5 heteroatoms. The van der Waals surface area contributed by atoms with E-state index >= 15 is 0 Å². The number of carbonyl (C=O) groups is 2. The summed E-state index contributed by atoms with van der Waals surface area (Å²) < 4.78 is 16.9. The van der Waals surface area contributed by atoms with Gasteiger partial charge in [0.25, 0.3) is 0 Å². The van der Waals surface area contributed by atoms with E-state index in [1.807, 2.05) is 0 Å². The normalized spacial score (nSPS) is 49.5. The molecule has 4 saturated carbocycles. The highest BCUT2D eigenvalue weighted by Crippen LogP contribution is 2.90. The minimum absolute atomic E-state index is 0.0204. The molecule has 0 aromatic carbocycles. The largest absolute Gasteiger partial charge is 0.466 e. The molecule has 25 heavy (non-hydrogen) atoms. The Labute approximate surface area is 147 Å². The van der Waals surface area contributed by atoms with Gasteiger partial charge in [0.15, 0.2) is 0 Å². The second kappa shape index (κ2) is 4.13. The maximum absolute atomic E-state index is 12.8. The van der Waals surface area contributed by atoms with Gasteiger partial charge < -0.3 is 14.2 Å². The third-order valence-corrected chi connectivity index (χ3v) is 8.77. The van der Waals surface area contributed by atoms with Crippen molar-refractivity contribution in [3.8, 4) is 0 Å². The van der Waals surface area contributed by atoms with Crippen LogP contribution in [-0.2, 0) is 23.8 Å². The molecule has 6 aliphatic rings. The van der Waals surface area contributed by atoms with E-state index in [0.717, 1.165) is 12.8 Å². The van der Waals surface area contributed by atoms with Crippen LogP contribution in [0.4, 0.5) is 0 Å². The molecule has 4 bridgehead atoms. The van der Waals surface area contributed by atoms with Gasteiger partial charge in [-0.1, -0.05) is 12.8 Å². The molecule has 1 saturated heterocycles. The molecule has 0 unspecified atom stereocenters. The highest BCUT2D eigenvalue weighted by Gasteiger charge is 2.97. The van der Waals surface area contributed by atoms with E-state index in [0.29, 0.717) is 23.0 Å². The van der Waals surface area contributed by atoms with Crippen LogP contribution in [-0.4, -0.2) is 37.4 Å². The van der Waals surface area contributed by atoms with E-state index in [-0.39, 0.29) is 40.4 Å². The van der Waals surface area contributed by atoms with E-state index < -0.39 is 0 Å². The first-order valence-electron chi connectivity index (χ1n) is 9.69.